The van der Waals surface area contributed by atoms with Gasteiger partial charge < -0.3 is 5.73 Å². The number of benzene rings is 1. The third-order valence-electron chi connectivity index (χ3n) is 2.32. The Bertz CT molecular complexity index is 464. The van der Waals surface area contributed by atoms with Crippen LogP contribution in [-0.4, -0.2) is 0 Å². The molecule has 1 aromatic carbocycles. The maximum absolute atomic E-state index is 6.20. The van der Waals surface area contributed by atoms with E-state index < -0.39 is 0 Å². The van der Waals surface area contributed by atoms with Crippen molar-refractivity contribution in [2.45, 2.75) is 13.0 Å². The summed E-state index contributed by atoms with van der Waals surface area (Å²) in [5.74, 6) is 0. The molecule has 2 aromatic rings. The summed E-state index contributed by atoms with van der Waals surface area (Å²) in [6.45, 7) is 2.11. The van der Waals surface area contributed by atoms with Crippen molar-refractivity contribution >= 4 is 33.9 Å². The number of rotatable bonds is 2. The Morgan fingerprint density at radius 2 is 2.07 bits per heavy atom. The summed E-state index contributed by atoms with van der Waals surface area (Å²) in [5.41, 5.74) is 8.59. The molecule has 2 N–H and O–H groups in total. The summed E-state index contributed by atoms with van der Waals surface area (Å²) >= 11 is 4.06. The second-order valence-corrected chi connectivity index (χ2v) is 5.88. The first kappa shape index (κ1) is 11.1. The Morgan fingerprint density at radius 3 is 2.67 bits per heavy atom. The molecule has 0 saturated heterocycles. The van der Waals surface area contributed by atoms with Crippen LogP contribution in [0.25, 0.3) is 0 Å². The first-order chi connectivity index (χ1) is 7.16. The maximum atomic E-state index is 6.20. The van der Waals surface area contributed by atoms with E-state index in [-0.39, 0.29) is 6.04 Å². The number of halogens is 1. The summed E-state index contributed by atoms with van der Waals surface area (Å²) in [7, 11) is 0. The Balaban J connectivity index is 2.32. The van der Waals surface area contributed by atoms with Gasteiger partial charge in [0.2, 0.25) is 0 Å². The number of thiophene rings is 1. The molecule has 0 fully saturated rings. The highest BCUT2D eigenvalue weighted by molar-refractivity contribution is 14.1. The van der Waals surface area contributed by atoms with Crippen molar-refractivity contribution < 1.29 is 0 Å². The van der Waals surface area contributed by atoms with E-state index >= 15 is 0 Å². The van der Waals surface area contributed by atoms with Crippen molar-refractivity contribution in [1.82, 2.24) is 0 Å². The fourth-order valence-electron chi connectivity index (χ4n) is 1.52. The molecule has 2 rings (SSSR count). The molecule has 78 valence electrons. The first-order valence-electron chi connectivity index (χ1n) is 4.73. The molecule has 0 amide bonds. The molecule has 1 aromatic heterocycles. The Labute approximate surface area is 107 Å². The standard InChI is InChI=1S/C12H12INS/c1-8-5-10(7-15-8)12(14)9-3-2-4-11(13)6-9/h2-7,12H,14H2,1H3. The van der Waals surface area contributed by atoms with Gasteiger partial charge in [0, 0.05) is 8.45 Å². The predicted octanol–water partition coefficient (Wildman–Crippen LogP) is 3.71. The van der Waals surface area contributed by atoms with Crippen LogP contribution in [-0.2, 0) is 0 Å². The zero-order valence-electron chi connectivity index (χ0n) is 8.41. The number of nitrogens with two attached hydrogens (primary N) is 1. The minimum absolute atomic E-state index is 0.00432. The van der Waals surface area contributed by atoms with Crippen LogP contribution in [0.1, 0.15) is 22.0 Å². The molecule has 0 bridgehead atoms. The van der Waals surface area contributed by atoms with Crippen LogP contribution in [0.5, 0.6) is 0 Å². The molecule has 0 aliphatic carbocycles. The molecule has 0 radical (unpaired) electrons. The lowest BCUT2D eigenvalue weighted by molar-refractivity contribution is 0.875. The number of aryl methyl sites for hydroxylation is 1. The fourth-order valence-corrected chi connectivity index (χ4v) is 2.83. The van der Waals surface area contributed by atoms with Crippen LogP contribution in [0.15, 0.2) is 35.7 Å². The van der Waals surface area contributed by atoms with Crippen LogP contribution >= 0.6 is 33.9 Å². The molecular weight excluding hydrogens is 317 g/mol. The van der Waals surface area contributed by atoms with Gasteiger partial charge in [-0.3, -0.25) is 0 Å². The molecule has 1 heterocycles. The van der Waals surface area contributed by atoms with Crippen LogP contribution in [0.4, 0.5) is 0 Å². The van der Waals surface area contributed by atoms with Gasteiger partial charge >= 0.3 is 0 Å². The zero-order chi connectivity index (χ0) is 10.8. The van der Waals surface area contributed by atoms with E-state index in [1.54, 1.807) is 11.3 Å². The van der Waals surface area contributed by atoms with Crippen LogP contribution in [0.3, 0.4) is 0 Å². The molecule has 1 atom stereocenters. The maximum Gasteiger partial charge on any atom is 0.0560 e. The highest BCUT2D eigenvalue weighted by Gasteiger charge is 2.10. The van der Waals surface area contributed by atoms with Gasteiger partial charge in [0.15, 0.2) is 0 Å². The minimum atomic E-state index is 0.00432. The van der Waals surface area contributed by atoms with Gasteiger partial charge in [-0.25, -0.2) is 0 Å². The molecule has 0 saturated carbocycles. The first-order valence-corrected chi connectivity index (χ1v) is 6.69. The zero-order valence-corrected chi connectivity index (χ0v) is 11.4. The van der Waals surface area contributed by atoms with Gasteiger partial charge in [-0.15, -0.1) is 11.3 Å². The summed E-state index contributed by atoms with van der Waals surface area (Å²) in [6.07, 6.45) is 0. The molecular formula is C12H12INS. The fraction of sp³-hybridized carbons (Fsp3) is 0.167. The highest BCUT2D eigenvalue weighted by Crippen LogP contribution is 2.24. The number of hydrogen-bond donors (Lipinski definition) is 1. The SMILES string of the molecule is Cc1cc(C(N)c2cccc(I)c2)cs1. The largest absolute Gasteiger partial charge is 0.320 e. The third kappa shape index (κ3) is 2.59. The van der Waals surface area contributed by atoms with Crippen molar-refractivity contribution in [3.05, 3.63) is 55.3 Å². The van der Waals surface area contributed by atoms with Crippen LogP contribution < -0.4 is 5.73 Å². The average Bonchev–Trinajstić information content (AvgIpc) is 2.64. The molecule has 1 nitrogen and oxygen atoms in total. The van der Waals surface area contributed by atoms with Gasteiger partial charge in [-0.2, -0.15) is 0 Å². The lowest BCUT2D eigenvalue weighted by Crippen LogP contribution is -2.10. The van der Waals surface area contributed by atoms with E-state index in [1.165, 1.54) is 19.6 Å². The normalized spacial score (nSPS) is 12.7. The van der Waals surface area contributed by atoms with E-state index in [2.05, 4.69) is 65.2 Å². The monoisotopic (exact) mass is 329 g/mol. The van der Waals surface area contributed by atoms with E-state index in [0.29, 0.717) is 0 Å². The van der Waals surface area contributed by atoms with Crippen molar-refractivity contribution in [3.8, 4) is 0 Å². The summed E-state index contributed by atoms with van der Waals surface area (Å²) in [5, 5.41) is 2.14. The van der Waals surface area contributed by atoms with E-state index in [9.17, 15) is 0 Å². The molecule has 15 heavy (non-hydrogen) atoms. The summed E-state index contributed by atoms with van der Waals surface area (Å²) in [6, 6.07) is 10.5. The average molecular weight is 329 g/mol. The molecule has 1 unspecified atom stereocenters. The Hall–Kier alpha value is -0.390. The Morgan fingerprint density at radius 1 is 1.27 bits per heavy atom. The van der Waals surface area contributed by atoms with Crippen molar-refractivity contribution in [3.63, 3.8) is 0 Å². The van der Waals surface area contributed by atoms with E-state index in [0.717, 1.165) is 0 Å². The quantitative estimate of drug-likeness (QED) is 0.835. The second kappa shape index (κ2) is 4.63. The van der Waals surface area contributed by atoms with E-state index in [1.807, 2.05) is 0 Å². The van der Waals surface area contributed by atoms with Crippen molar-refractivity contribution in [2.75, 3.05) is 0 Å². The Kier molecular flexibility index (Phi) is 3.43. The summed E-state index contributed by atoms with van der Waals surface area (Å²) < 4.78 is 1.23. The van der Waals surface area contributed by atoms with Gasteiger partial charge in [-0.1, -0.05) is 12.1 Å². The van der Waals surface area contributed by atoms with Crippen molar-refractivity contribution in [1.29, 1.82) is 0 Å². The second-order valence-electron chi connectivity index (χ2n) is 3.52. The third-order valence-corrected chi connectivity index (χ3v) is 3.87. The lowest BCUT2D eigenvalue weighted by Gasteiger charge is -2.10. The topological polar surface area (TPSA) is 26.0 Å². The number of hydrogen-bond acceptors (Lipinski definition) is 2. The molecule has 3 heteroatoms. The minimum Gasteiger partial charge on any atom is -0.320 e. The smallest absolute Gasteiger partial charge is 0.0560 e. The summed E-state index contributed by atoms with van der Waals surface area (Å²) in [4.78, 5) is 1.31. The van der Waals surface area contributed by atoms with E-state index in [4.69, 9.17) is 5.73 Å². The molecule has 0 aliphatic rings. The molecule has 0 spiro atoms. The highest BCUT2D eigenvalue weighted by atomic mass is 127. The predicted molar refractivity (Wildman–Crippen MR) is 74.2 cm³/mol. The van der Waals surface area contributed by atoms with Gasteiger partial charge in [0.25, 0.3) is 0 Å². The van der Waals surface area contributed by atoms with Crippen LogP contribution in [0.2, 0.25) is 0 Å². The van der Waals surface area contributed by atoms with Gasteiger partial charge in [0.1, 0.15) is 0 Å². The van der Waals surface area contributed by atoms with Gasteiger partial charge in [-0.05, 0) is 64.2 Å². The van der Waals surface area contributed by atoms with Gasteiger partial charge in [0.05, 0.1) is 6.04 Å². The van der Waals surface area contributed by atoms with Crippen LogP contribution in [0, 0.1) is 10.5 Å². The molecule has 0 aliphatic heterocycles. The van der Waals surface area contributed by atoms with Crippen molar-refractivity contribution in [2.24, 2.45) is 5.73 Å². The lowest BCUT2D eigenvalue weighted by atomic mass is 10.0.